The van der Waals surface area contributed by atoms with Crippen molar-refractivity contribution >= 4 is 0 Å². The zero-order chi connectivity index (χ0) is 8.11. The molecule has 0 spiro atoms. The number of hydrogen-bond acceptors (Lipinski definition) is 2. The molecule has 2 atom stereocenters. The number of fused-ring (bicyclic) bond motifs is 2. The van der Waals surface area contributed by atoms with E-state index in [4.69, 9.17) is 9.47 Å². The van der Waals surface area contributed by atoms with Crippen molar-refractivity contribution in [3.63, 3.8) is 0 Å². The predicted molar refractivity (Wildman–Crippen MR) is 41.1 cm³/mol. The number of quaternary nitrogens is 1. The number of rotatable bonds is 0. The van der Waals surface area contributed by atoms with Crippen molar-refractivity contribution in [2.45, 2.75) is 18.8 Å². The van der Waals surface area contributed by atoms with E-state index in [-0.39, 0.29) is 5.79 Å². The lowest BCUT2D eigenvalue weighted by atomic mass is 10.2. The Morgan fingerprint density at radius 2 is 2.18 bits per heavy atom. The maximum atomic E-state index is 5.68. The summed E-state index contributed by atoms with van der Waals surface area (Å²) in [7, 11) is 4.45. The normalized spacial score (nSPS) is 47.7. The quantitative estimate of drug-likeness (QED) is 0.469. The monoisotopic (exact) mass is 158 g/mol. The van der Waals surface area contributed by atoms with E-state index in [0.717, 1.165) is 24.2 Å². The summed E-state index contributed by atoms with van der Waals surface area (Å²) in [5.41, 5.74) is 0. The summed E-state index contributed by atoms with van der Waals surface area (Å²) >= 11 is 0. The molecule has 2 rings (SSSR count). The third-order valence-corrected chi connectivity index (χ3v) is 2.40. The van der Waals surface area contributed by atoms with E-state index in [1.165, 1.54) is 0 Å². The Bertz CT molecular complexity index is 181. The lowest BCUT2D eigenvalue weighted by molar-refractivity contribution is -0.909. The topological polar surface area (TPSA) is 18.5 Å². The van der Waals surface area contributed by atoms with Gasteiger partial charge in [-0.2, -0.15) is 0 Å². The van der Waals surface area contributed by atoms with Gasteiger partial charge in [-0.3, -0.25) is 0 Å². The van der Waals surface area contributed by atoms with Gasteiger partial charge in [-0.15, -0.1) is 0 Å². The van der Waals surface area contributed by atoms with Gasteiger partial charge in [0, 0.05) is 0 Å². The average molecular weight is 158 g/mol. The molecule has 0 amide bonds. The second-order valence-electron chi connectivity index (χ2n) is 4.46. The first-order valence-electron chi connectivity index (χ1n) is 4.13. The smallest absolute Gasteiger partial charge is 0.216 e. The molecule has 3 heteroatoms. The van der Waals surface area contributed by atoms with Crippen LogP contribution in [0, 0.1) is 0 Å². The van der Waals surface area contributed by atoms with Crippen LogP contribution in [0.1, 0.15) is 6.92 Å². The minimum atomic E-state index is -0.299. The number of hydrogen-bond donors (Lipinski definition) is 0. The van der Waals surface area contributed by atoms with E-state index >= 15 is 0 Å². The fourth-order valence-electron chi connectivity index (χ4n) is 2.26. The molecule has 0 aliphatic carbocycles. The van der Waals surface area contributed by atoms with Crippen molar-refractivity contribution in [2.75, 3.05) is 33.8 Å². The van der Waals surface area contributed by atoms with E-state index in [1.54, 1.807) is 0 Å². The van der Waals surface area contributed by atoms with Gasteiger partial charge >= 0.3 is 0 Å². The van der Waals surface area contributed by atoms with E-state index in [1.807, 2.05) is 6.92 Å². The highest BCUT2D eigenvalue weighted by atomic mass is 16.7. The first-order chi connectivity index (χ1) is 4.99. The molecule has 3 nitrogen and oxygen atoms in total. The summed E-state index contributed by atoms with van der Waals surface area (Å²) in [5, 5.41) is 0. The van der Waals surface area contributed by atoms with Crippen LogP contribution in [0.2, 0.25) is 0 Å². The van der Waals surface area contributed by atoms with Crippen molar-refractivity contribution in [3.05, 3.63) is 0 Å². The zero-order valence-electron chi connectivity index (χ0n) is 7.46. The maximum Gasteiger partial charge on any atom is 0.216 e. The standard InChI is InChI=1S/C8H16NO2/c1-8-6-9(2,3)4-7(11-8)5-10-8/h7H,4-6H2,1-3H3/q+1. The number of nitrogens with zero attached hydrogens (tertiary/aromatic N) is 1. The molecule has 2 saturated heterocycles. The van der Waals surface area contributed by atoms with Crippen LogP contribution < -0.4 is 0 Å². The molecule has 2 fully saturated rings. The summed E-state index contributed by atoms with van der Waals surface area (Å²) in [4.78, 5) is 0. The average Bonchev–Trinajstić information content (AvgIpc) is 2.03. The van der Waals surface area contributed by atoms with Gasteiger partial charge in [0.05, 0.1) is 20.7 Å². The van der Waals surface area contributed by atoms with Crippen LogP contribution in [0.4, 0.5) is 0 Å². The summed E-state index contributed by atoms with van der Waals surface area (Å²) in [6, 6.07) is 0. The lowest BCUT2D eigenvalue weighted by Crippen LogP contribution is -2.57. The first kappa shape index (κ1) is 7.53. The van der Waals surface area contributed by atoms with E-state index in [9.17, 15) is 0 Å². The lowest BCUT2D eigenvalue weighted by Gasteiger charge is -2.40. The maximum absolute atomic E-state index is 5.68. The van der Waals surface area contributed by atoms with Crippen molar-refractivity contribution in [1.82, 2.24) is 0 Å². The molecule has 2 unspecified atom stereocenters. The molecule has 0 radical (unpaired) electrons. The Balaban J connectivity index is 2.19. The molecule has 2 bridgehead atoms. The van der Waals surface area contributed by atoms with Gasteiger partial charge in [0.2, 0.25) is 5.79 Å². The van der Waals surface area contributed by atoms with E-state index < -0.39 is 0 Å². The molecule has 0 saturated carbocycles. The third-order valence-electron chi connectivity index (χ3n) is 2.40. The molecule has 2 aliphatic heterocycles. The molecule has 11 heavy (non-hydrogen) atoms. The summed E-state index contributed by atoms with van der Waals surface area (Å²) in [6.07, 6.45) is 0.323. The number of likely N-dealkylation sites (N-methyl/N-ethyl adjacent to an activating group) is 1. The van der Waals surface area contributed by atoms with Crippen molar-refractivity contribution in [2.24, 2.45) is 0 Å². The first-order valence-corrected chi connectivity index (χ1v) is 4.13. The minimum absolute atomic E-state index is 0.299. The Morgan fingerprint density at radius 3 is 2.82 bits per heavy atom. The summed E-state index contributed by atoms with van der Waals surface area (Å²) in [5.74, 6) is -0.299. The largest absolute Gasteiger partial charge is 0.342 e. The van der Waals surface area contributed by atoms with Crippen LogP contribution in [0.5, 0.6) is 0 Å². The molecule has 0 aromatic rings. The molecule has 64 valence electrons. The summed E-state index contributed by atoms with van der Waals surface area (Å²) in [6.45, 7) is 4.85. The van der Waals surface area contributed by atoms with Crippen molar-refractivity contribution in [1.29, 1.82) is 0 Å². The minimum Gasteiger partial charge on any atom is -0.342 e. The number of ether oxygens (including phenoxy) is 2. The molecule has 0 aromatic carbocycles. The number of morpholine rings is 1. The van der Waals surface area contributed by atoms with Gasteiger partial charge < -0.3 is 14.0 Å². The molecule has 0 aromatic heterocycles. The Hall–Kier alpha value is -0.120. The zero-order valence-corrected chi connectivity index (χ0v) is 7.46. The van der Waals surface area contributed by atoms with Crippen LogP contribution in [0.3, 0.4) is 0 Å². The fraction of sp³-hybridized carbons (Fsp3) is 1.00. The second-order valence-corrected chi connectivity index (χ2v) is 4.46. The molecular formula is C8H16NO2+. The van der Waals surface area contributed by atoms with Crippen LogP contribution in [0.15, 0.2) is 0 Å². The van der Waals surface area contributed by atoms with Gasteiger partial charge in [-0.25, -0.2) is 0 Å². The van der Waals surface area contributed by atoms with Crippen molar-refractivity contribution < 1.29 is 14.0 Å². The molecule has 0 N–H and O–H groups in total. The van der Waals surface area contributed by atoms with E-state index in [2.05, 4.69) is 14.1 Å². The fourth-order valence-corrected chi connectivity index (χ4v) is 2.26. The summed E-state index contributed by atoms with van der Waals surface area (Å²) < 4.78 is 12.3. The van der Waals surface area contributed by atoms with Gasteiger partial charge in [0.1, 0.15) is 19.2 Å². The molecular weight excluding hydrogens is 142 g/mol. The van der Waals surface area contributed by atoms with Gasteiger partial charge in [0.15, 0.2) is 0 Å². The molecule has 2 heterocycles. The van der Waals surface area contributed by atoms with Gasteiger partial charge in [-0.1, -0.05) is 0 Å². The Morgan fingerprint density at radius 1 is 1.45 bits per heavy atom. The predicted octanol–water partition coefficient (Wildman–Crippen LogP) is 0.208. The van der Waals surface area contributed by atoms with Crippen molar-refractivity contribution in [3.8, 4) is 0 Å². The highest BCUT2D eigenvalue weighted by Gasteiger charge is 2.49. The van der Waals surface area contributed by atoms with Crippen LogP contribution >= 0.6 is 0 Å². The third kappa shape index (κ3) is 1.28. The second kappa shape index (κ2) is 1.97. The van der Waals surface area contributed by atoms with Crippen LogP contribution in [-0.4, -0.2) is 50.2 Å². The molecule has 2 aliphatic rings. The van der Waals surface area contributed by atoms with Crippen LogP contribution in [0.25, 0.3) is 0 Å². The van der Waals surface area contributed by atoms with E-state index in [0.29, 0.717) is 6.10 Å². The highest BCUT2D eigenvalue weighted by molar-refractivity contribution is 4.79. The van der Waals surface area contributed by atoms with Gasteiger partial charge in [-0.05, 0) is 6.92 Å². The SMILES string of the molecule is CC12C[N+](C)(C)CC(CO1)O2. The Labute approximate surface area is 67.5 Å². The van der Waals surface area contributed by atoms with Gasteiger partial charge in [0.25, 0.3) is 0 Å². The van der Waals surface area contributed by atoms with Crippen LogP contribution in [-0.2, 0) is 9.47 Å². The highest BCUT2D eigenvalue weighted by Crippen LogP contribution is 2.31. The Kier molecular flexibility index (Phi) is 1.35.